The number of ether oxygens (including phenoxy) is 1. The highest BCUT2D eigenvalue weighted by Gasteiger charge is 2.28. The fraction of sp³-hybridized carbons (Fsp3) is 0.263. The van der Waals surface area contributed by atoms with E-state index < -0.39 is 22.7 Å². The van der Waals surface area contributed by atoms with E-state index in [-0.39, 0.29) is 29.4 Å². The van der Waals surface area contributed by atoms with Crippen molar-refractivity contribution in [3.63, 3.8) is 0 Å². The quantitative estimate of drug-likeness (QED) is 0.408. The van der Waals surface area contributed by atoms with Gasteiger partial charge in [-0.3, -0.25) is 19.7 Å². The molecule has 1 atom stereocenters. The number of methoxy groups -OCH3 is 1. The topological polar surface area (TPSA) is 89.8 Å². The fourth-order valence-electron chi connectivity index (χ4n) is 2.64. The van der Waals surface area contributed by atoms with Gasteiger partial charge in [0.15, 0.2) is 0 Å². The van der Waals surface area contributed by atoms with Crippen LogP contribution < -0.4 is 0 Å². The van der Waals surface area contributed by atoms with E-state index in [1.807, 2.05) is 30.3 Å². The standard InChI is InChI=1S/C19H19ClN2O5/c1-13(19(24)27-2)11-21(12-14-6-4-3-5-7-14)18(23)16-9-8-15(20)10-17(16)22(25)26/h3-10,13H,11-12H2,1-2H3. The molecule has 2 rings (SSSR count). The third kappa shape index (κ3) is 5.27. The molecule has 0 heterocycles. The molecule has 2 aromatic carbocycles. The van der Waals surface area contributed by atoms with Gasteiger partial charge < -0.3 is 9.64 Å². The zero-order valence-electron chi connectivity index (χ0n) is 14.9. The number of hydrogen-bond donors (Lipinski definition) is 0. The van der Waals surface area contributed by atoms with Crippen LogP contribution in [0.15, 0.2) is 48.5 Å². The van der Waals surface area contributed by atoms with E-state index in [0.29, 0.717) is 0 Å². The lowest BCUT2D eigenvalue weighted by Gasteiger charge is -2.25. The molecule has 0 aliphatic carbocycles. The van der Waals surface area contributed by atoms with Gasteiger partial charge in [-0.15, -0.1) is 0 Å². The van der Waals surface area contributed by atoms with Crippen molar-refractivity contribution >= 4 is 29.2 Å². The number of nitrogens with zero attached hydrogens (tertiary/aromatic N) is 2. The smallest absolute Gasteiger partial charge is 0.310 e. The molecule has 8 heteroatoms. The normalized spacial score (nSPS) is 11.5. The average molecular weight is 391 g/mol. The Hall–Kier alpha value is -2.93. The molecule has 7 nitrogen and oxygen atoms in total. The van der Waals surface area contributed by atoms with E-state index in [1.165, 1.54) is 24.1 Å². The summed E-state index contributed by atoms with van der Waals surface area (Å²) in [5.41, 5.74) is 0.369. The summed E-state index contributed by atoms with van der Waals surface area (Å²) < 4.78 is 4.72. The molecule has 0 N–H and O–H groups in total. The minimum absolute atomic E-state index is 0.0557. The summed E-state index contributed by atoms with van der Waals surface area (Å²) in [5.74, 6) is -1.61. The van der Waals surface area contributed by atoms with Crippen LogP contribution in [0.25, 0.3) is 0 Å². The van der Waals surface area contributed by atoms with Crippen molar-refractivity contribution in [3.8, 4) is 0 Å². The summed E-state index contributed by atoms with van der Waals surface area (Å²) in [6.45, 7) is 1.88. The van der Waals surface area contributed by atoms with E-state index in [1.54, 1.807) is 6.92 Å². The molecular formula is C19H19ClN2O5. The molecule has 0 aromatic heterocycles. The van der Waals surface area contributed by atoms with Crippen LogP contribution in [0.1, 0.15) is 22.8 Å². The van der Waals surface area contributed by atoms with Crippen LogP contribution in [0.5, 0.6) is 0 Å². The molecule has 0 bridgehead atoms. The van der Waals surface area contributed by atoms with Gasteiger partial charge in [0, 0.05) is 24.2 Å². The first-order chi connectivity index (χ1) is 12.8. The number of amides is 1. The molecular weight excluding hydrogens is 372 g/mol. The monoisotopic (exact) mass is 390 g/mol. The summed E-state index contributed by atoms with van der Waals surface area (Å²) in [6, 6.07) is 13.0. The van der Waals surface area contributed by atoms with Gasteiger partial charge in [0.2, 0.25) is 0 Å². The van der Waals surface area contributed by atoms with Crippen molar-refractivity contribution in [2.24, 2.45) is 5.92 Å². The third-order valence-corrected chi connectivity index (χ3v) is 4.22. The van der Waals surface area contributed by atoms with Gasteiger partial charge in [-0.25, -0.2) is 0 Å². The summed E-state index contributed by atoms with van der Waals surface area (Å²) >= 11 is 5.83. The first-order valence-electron chi connectivity index (χ1n) is 8.18. The molecule has 142 valence electrons. The minimum Gasteiger partial charge on any atom is -0.469 e. The van der Waals surface area contributed by atoms with Gasteiger partial charge in [-0.1, -0.05) is 48.9 Å². The number of carbonyl (C=O) groups is 2. The van der Waals surface area contributed by atoms with Crippen LogP contribution in [0, 0.1) is 16.0 Å². The van der Waals surface area contributed by atoms with E-state index in [9.17, 15) is 19.7 Å². The molecule has 0 aliphatic heterocycles. The zero-order valence-corrected chi connectivity index (χ0v) is 15.7. The SMILES string of the molecule is COC(=O)C(C)CN(Cc1ccccc1)C(=O)c1ccc(Cl)cc1[N+](=O)[O-]. The van der Waals surface area contributed by atoms with Crippen LogP contribution in [-0.4, -0.2) is 35.4 Å². The predicted octanol–water partition coefficient (Wildman–Crippen LogP) is 3.70. The first kappa shape index (κ1) is 20.4. The van der Waals surface area contributed by atoms with Crippen LogP contribution in [-0.2, 0) is 16.1 Å². The van der Waals surface area contributed by atoms with Crippen LogP contribution in [0.3, 0.4) is 0 Å². The number of esters is 1. The van der Waals surface area contributed by atoms with Gasteiger partial charge in [-0.2, -0.15) is 0 Å². The number of nitro benzene ring substituents is 1. The van der Waals surface area contributed by atoms with Crippen molar-refractivity contribution in [1.82, 2.24) is 4.90 Å². The van der Waals surface area contributed by atoms with Crippen LogP contribution in [0.2, 0.25) is 5.02 Å². The highest BCUT2D eigenvalue weighted by molar-refractivity contribution is 6.31. The number of halogens is 1. The van der Waals surface area contributed by atoms with Gasteiger partial charge in [0.1, 0.15) is 5.56 Å². The molecule has 2 aromatic rings. The number of hydrogen-bond acceptors (Lipinski definition) is 5. The summed E-state index contributed by atoms with van der Waals surface area (Å²) in [5, 5.41) is 11.5. The second-order valence-corrected chi connectivity index (χ2v) is 6.45. The Labute approximate surface area is 161 Å². The van der Waals surface area contributed by atoms with Crippen molar-refractivity contribution in [1.29, 1.82) is 0 Å². The molecule has 0 fully saturated rings. The van der Waals surface area contributed by atoms with Crippen LogP contribution >= 0.6 is 11.6 Å². The zero-order chi connectivity index (χ0) is 20.0. The maximum Gasteiger partial charge on any atom is 0.310 e. The lowest BCUT2D eigenvalue weighted by molar-refractivity contribution is -0.385. The number of nitro groups is 1. The predicted molar refractivity (Wildman–Crippen MR) is 100 cm³/mol. The lowest BCUT2D eigenvalue weighted by Crippen LogP contribution is -2.37. The first-order valence-corrected chi connectivity index (χ1v) is 8.56. The van der Waals surface area contributed by atoms with Gasteiger partial charge in [0.25, 0.3) is 11.6 Å². The Morgan fingerprint density at radius 3 is 2.48 bits per heavy atom. The average Bonchev–Trinajstić information content (AvgIpc) is 2.66. The van der Waals surface area contributed by atoms with Crippen LogP contribution in [0.4, 0.5) is 5.69 Å². The Kier molecular flexibility index (Phi) is 6.90. The number of rotatable bonds is 7. The molecule has 0 radical (unpaired) electrons. The van der Waals surface area contributed by atoms with Gasteiger partial charge in [0.05, 0.1) is 18.0 Å². The molecule has 0 spiro atoms. The Morgan fingerprint density at radius 1 is 1.22 bits per heavy atom. The van der Waals surface area contributed by atoms with E-state index in [4.69, 9.17) is 16.3 Å². The summed E-state index contributed by atoms with van der Waals surface area (Å²) in [4.78, 5) is 36.9. The minimum atomic E-state index is -0.649. The number of benzene rings is 2. The van der Waals surface area contributed by atoms with Crippen molar-refractivity contribution in [3.05, 3.63) is 74.8 Å². The van der Waals surface area contributed by atoms with Gasteiger partial charge in [-0.05, 0) is 17.7 Å². The largest absolute Gasteiger partial charge is 0.469 e. The molecule has 27 heavy (non-hydrogen) atoms. The molecule has 0 saturated heterocycles. The van der Waals surface area contributed by atoms with Crippen molar-refractivity contribution < 1.29 is 19.2 Å². The second kappa shape index (κ2) is 9.14. The Balaban J connectivity index is 2.38. The summed E-state index contributed by atoms with van der Waals surface area (Å²) in [7, 11) is 1.27. The second-order valence-electron chi connectivity index (χ2n) is 6.01. The Bertz CT molecular complexity index is 841. The fourth-order valence-corrected chi connectivity index (χ4v) is 2.80. The maximum absolute atomic E-state index is 13.1. The van der Waals surface area contributed by atoms with E-state index in [0.717, 1.165) is 11.6 Å². The molecule has 0 aliphatic rings. The third-order valence-electron chi connectivity index (χ3n) is 3.99. The van der Waals surface area contributed by atoms with Crippen molar-refractivity contribution in [2.45, 2.75) is 13.5 Å². The molecule has 0 saturated carbocycles. The Morgan fingerprint density at radius 2 is 1.89 bits per heavy atom. The lowest BCUT2D eigenvalue weighted by atomic mass is 10.1. The van der Waals surface area contributed by atoms with E-state index in [2.05, 4.69) is 0 Å². The highest BCUT2D eigenvalue weighted by Crippen LogP contribution is 2.25. The number of carbonyl (C=O) groups excluding carboxylic acids is 2. The molecule has 1 amide bonds. The highest BCUT2D eigenvalue weighted by atomic mass is 35.5. The molecule has 1 unspecified atom stereocenters. The van der Waals surface area contributed by atoms with Crippen molar-refractivity contribution in [2.75, 3.05) is 13.7 Å². The maximum atomic E-state index is 13.1. The van der Waals surface area contributed by atoms with Gasteiger partial charge >= 0.3 is 5.97 Å². The van der Waals surface area contributed by atoms with E-state index >= 15 is 0 Å². The summed E-state index contributed by atoms with van der Waals surface area (Å²) in [6.07, 6.45) is 0.